The van der Waals surface area contributed by atoms with Crippen LogP contribution in [0, 0.1) is 5.92 Å². The summed E-state index contributed by atoms with van der Waals surface area (Å²) in [5.41, 5.74) is 2.52. The second-order valence-corrected chi connectivity index (χ2v) is 5.43. The number of carbonyl (C=O) groups is 1. The zero-order valence-corrected chi connectivity index (χ0v) is 13.9. The third-order valence-electron chi connectivity index (χ3n) is 4.09. The van der Waals surface area contributed by atoms with Gasteiger partial charge in [-0.25, -0.2) is 4.98 Å². The first-order valence-corrected chi connectivity index (χ1v) is 8.26. The van der Waals surface area contributed by atoms with Crippen LogP contribution in [0.15, 0.2) is 12.3 Å². The molecule has 0 bridgehead atoms. The molecule has 3 nitrogen and oxygen atoms in total. The van der Waals surface area contributed by atoms with Crippen LogP contribution in [-0.2, 0) is 11.2 Å². The lowest BCUT2D eigenvalue weighted by Gasteiger charge is -2.26. The lowest BCUT2D eigenvalue weighted by Crippen LogP contribution is -2.14. The quantitative estimate of drug-likeness (QED) is 0.748. The Morgan fingerprint density at radius 1 is 1.29 bits per heavy atom. The zero-order chi connectivity index (χ0) is 15.7. The molecule has 2 rings (SSSR count). The predicted molar refractivity (Wildman–Crippen MR) is 86.9 cm³/mol. The van der Waals surface area contributed by atoms with Gasteiger partial charge in [0.1, 0.15) is 6.29 Å². The molecule has 1 fully saturated rings. The maximum absolute atomic E-state index is 10.8. The smallest absolute Gasteiger partial charge is 0.216 e. The lowest BCUT2D eigenvalue weighted by atomic mass is 9.79. The molecule has 0 aliphatic heterocycles. The van der Waals surface area contributed by atoms with Gasteiger partial charge in [0.05, 0.1) is 7.11 Å². The first kappa shape index (κ1) is 17.7. The molecule has 0 atom stereocenters. The summed E-state index contributed by atoms with van der Waals surface area (Å²) in [6.07, 6.45) is 9.40. The van der Waals surface area contributed by atoms with Gasteiger partial charge in [0.25, 0.3) is 0 Å². The molecule has 1 aromatic heterocycles. The van der Waals surface area contributed by atoms with Crippen LogP contribution in [0.5, 0.6) is 5.88 Å². The summed E-state index contributed by atoms with van der Waals surface area (Å²) in [5.74, 6) is 1.59. The normalized spacial score (nSPS) is 21.1. The maximum Gasteiger partial charge on any atom is 0.216 e. The van der Waals surface area contributed by atoms with E-state index in [1.54, 1.807) is 7.11 Å². The van der Waals surface area contributed by atoms with Crippen molar-refractivity contribution in [3.8, 4) is 5.88 Å². The average Bonchev–Trinajstić information content (AvgIpc) is 2.57. The molecule has 3 heteroatoms. The second kappa shape index (κ2) is 9.54. The molecule has 0 radical (unpaired) electrons. The number of aryl methyl sites for hydroxylation is 1. The highest BCUT2D eigenvalue weighted by Gasteiger charge is 2.22. The summed E-state index contributed by atoms with van der Waals surface area (Å²) in [4.78, 5) is 15.2. The van der Waals surface area contributed by atoms with Gasteiger partial charge in [-0.2, -0.15) is 0 Å². The van der Waals surface area contributed by atoms with Gasteiger partial charge in [0, 0.05) is 17.7 Å². The Morgan fingerprint density at radius 2 is 1.95 bits per heavy atom. The van der Waals surface area contributed by atoms with E-state index in [1.807, 2.05) is 20.0 Å². The van der Waals surface area contributed by atoms with E-state index < -0.39 is 0 Å². The van der Waals surface area contributed by atoms with E-state index in [1.165, 1.54) is 11.1 Å². The largest absolute Gasteiger partial charge is 0.481 e. The number of carbonyl (C=O) groups excluding carboxylic acids is 1. The van der Waals surface area contributed by atoms with E-state index >= 15 is 0 Å². The molecule has 0 N–H and O–H groups in total. The number of hydrogen-bond acceptors (Lipinski definition) is 3. The first-order valence-electron chi connectivity index (χ1n) is 8.26. The molecule has 1 heterocycles. The molecular formula is C18H29NO2. The van der Waals surface area contributed by atoms with Crippen molar-refractivity contribution in [2.75, 3.05) is 7.11 Å². The summed E-state index contributed by atoms with van der Waals surface area (Å²) in [6.45, 7) is 6.17. The van der Waals surface area contributed by atoms with Crippen molar-refractivity contribution in [1.82, 2.24) is 4.98 Å². The van der Waals surface area contributed by atoms with Crippen molar-refractivity contribution in [2.45, 2.75) is 65.2 Å². The summed E-state index contributed by atoms with van der Waals surface area (Å²) >= 11 is 0. The molecule has 0 amide bonds. The fraction of sp³-hybridized carbons (Fsp3) is 0.667. The van der Waals surface area contributed by atoms with E-state index in [2.05, 4.69) is 18.0 Å². The van der Waals surface area contributed by atoms with E-state index in [0.717, 1.165) is 50.7 Å². The van der Waals surface area contributed by atoms with Gasteiger partial charge in [-0.3, -0.25) is 0 Å². The van der Waals surface area contributed by atoms with E-state index in [0.29, 0.717) is 5.92 Å². The highest BCUT2D eigenvalue weighted by atomic mass is 16.5. The number of methoxy groups -OCH3 is 1. The Bertz CT molecular complexity index is 423. The van der Waals surface area contributed by atoms with Gasteiger partial charge < -0.3 is 9.53 Å². The van der Waals surface area contributed by atoms with Crippen molar-refractivity contribution >= 4 is 6.29 Å². The summed E-state index contributed by atoms with van der Waals surface area (Å²) in [6, 6.07) is 2.25. The van der Waals surface area contributed by atoms with Gasteiger partial charge in [-0.1, -0.05) is 27.2 Å². The Hall–Kier alpha value is -1.38. The number of aldehydes is 1. The highest BCUT2D eigenvalue weighted by molar-refractivity contribution is 5.53. The van der Waals surface area contributed by atoms with E-state index in [-0.39, 0.29) is 5.92 Å². The minimum atomic E-state index is 0.276. The van der Waals surface area contributed by atoms with Gasteiger partial charge in [-0.05, 0) is 49.7 Å². The molecule has 21 heavy (non-hydrogen) atoms. The molecule has 1 aromatic rings. The van der Waals surface area contributed by atoms with Crippen LogP contribution in [0.25, 0.3) is 0 Å². The number of aromatic nitrogens is 1. The topological polar surface area (TPSA) is 39.2 Å². The monoisotopic (exact) mass is 291 g/mol. The number of nitrogens with zero attached hydrogens (tertiary/aromatic N) is 1. The van der Waals surface area contributed by atoms with Crippen LogP contribution < -0.4 is 4.74 Å². The minimum Gasteiger partial charge on any atom is -0.481 e. The number of hydrogen-bond donors (Lipinski definition) is 0. The first-order chi connectivity index (χ1) is 10.3. The Morgan fingerprint density at radius 3 is 2.48 bits per heavy atom. The number of ether oxygens (including phenoxy) is 1. The maximum atomic E-state index is 10.8. The van der Waals surface area contributed by atoms with Crippen LogP contribution in [0.2, 0.25) is 0 Å². The van der Waals surface area contributed by atoms with E-state index in [9.17, 15) is 4.79 Å². The van der Waals surface area contributed by atoms with Crippen LogP contribution in [0.3, 0.4) is 0 Å². The predicted octanol–water partition coefficient (Wildman–Crippen LogP) is 4.54. The second-order valence-electron chi connectivity index (χ2n) is 5.43. The molecule has 1 aliphatic rings. The SMILES string of the molecule is CC.CCCc1cc(C2CCC(C=O)CC2)cnc1OC. The van der Waals surface area contributed by atoms with Crippen molar-refractivity contribution < 1.29 is 9.53 Å². The third-order valence-corrected chi connectivity index (χ3v) is 4.09. The molecule has 1 saturated carbocycles. The molecule has 1 aliphatic carbocycles. The Balaban J connectivity index is 0.00000106. The lowest BCUT2D eigenvalue weighted by molar-refractivity contribution is -0.111. The van der Waals surface area contributed by atoms with Crippen molar-refractivity contribution in [3.63, 3.8) is 0 Å². The summed E-state index contributed by atoms with van der Waals surface area (Å²) in [5, 5.41) is 0. The van der Waals surface area contributed by atoms with Crippen LogP contribution in [-0.4, -0.2) is 18.4 Å². The Labute approximate surface area is 129 Å². The van der Waals surface area contributed by atoms with Crippen molar-refractivity contribution in [3.05, 3.63) is 23.4 Å². The van der Waals surface area contributed by atoms with Gasteiger partial charge in [-0.15, -0.1) is 0 Å². The third kappa shape index (κ3) is 4.83. The molecule has 0 saturated heterocycles. The molecule has 0 aromatic carbocycles. The van der Waals surface area contributed by atoms with Crippen molar-refractivity contribution in [2.24, 2.45) is 5.92 Å². The molecule has 118 valence electrons. The van der Waals surface area contributed by atoms with Crippen LogP contribution in [0.1, 0.15) is 69.9 Å². The average molecular weight is 291 g/mol. The highest BCUT2D eigenvalue weighted by Crippen LogP contribution is 2.36. The standard InChI is InChI=1S/C16H23NO2.C2H6/c1-3-4-14-9-15(10-17-16(14)19-2)13-7-5-12(11-18)6-8-13;1-2/h9-13H,3-8H2,1-2H3;1-2H3. The summed E-state index contributed by atoms with van der Waals surface area (Å²) < 4.78 is 5.32. The number of rotatable bonds is 5. The Kier molecular flexibility index (Phi) is 8.03. The van der Waals surface area contributed by atoms with Crippen LogP contribution in [0.4, 0.5) is 0 Å². The molecule has 0 spiro atoms. The van der Waals surface area contributed by atoms with Gasteiger partial charge >= 0.3 is 0 Å². The minimum absolute atomic E-state index is 0.276. The zero-order valence-electron chi connectivity index (χ0n) is 13.9. The summed E-state index contributed by atoms with van der Waals surface area (Å²) in [7, 11) is 1.68. The van der Waals surface area contributed by atoms with Gasteiger partial charge in [0.2, 0.25) is 5.88 Å². The van der Waals surface area contributed by atoms with Crippen LogP contribution >= 0.6 is 0 Å². The number of pyridine rings is 1. The molecular weight excluding hydrogens is 262 g/mol. The fourth-order valence-electron chi connectivity index (χ4n) is 2.96. The van der Waals surface area contributed by atoms with Crippen molar-refractivity contribution in [1.29, 1.82) is 0 Å². The fourth-order valence-corrected chi connectivity index (χ4v) is 2.96. The molecule has 0 unspecified atom stereocenters. The van der Waals surface area contributed by atoms with E-state index in [4.69, 9.17) is 4.74 Å². The van der Waals surface area contributed by atoms with Gasteiger partial charge in [0.15, 0.2) is 0 Å².